The molecule has 15 nitrogen and oxygen atoms in total. The average molecular weight is 597 g/mol. The van der Waals surface area contributed by atoms with Crippen LogP contribution in [0.2, 0.25) is 5.82 Å². The van der Waals surface area contributed by atoms with Crippen LogP contribution in [-0.4, -0.2) is 79.6 Å². The van der Waals surface area contributed by atoms with Crippen molar-refractivity contribution in [1.29, 1.82) is 0 Å². The lowest BCUT2D eigenvalue weighted by Gasteiger charge is -2.24. The monoisotopic (exact) mass is 597 g/mol. The molecule has 0 aliphatic heterocycles. The Morgan fingerprint density at radius 1 is 1.17 bits per heavy atom. The van der Waals surface area contributed by atoms with E-state index in [2.05, 4.69) is 25.6 Å². The molecule has 1 radical (unpaired) electrons. The quantitative estimate of drug-likeness (QED) is 0.0879. The maximum absolute atomic E-state index is 11.6. The largest absolute Gasteiger partial charge is 0.487 e. The van der Waals surface area contributed by atoms with Gasteiger partial charge in [0.1, 0.15) is 13.9 Å². The van der Waals surface area contributed by atoms with Crippen molar-refractivity contribution in [3.8, 4) is 0 Å². The van der Waals surface area contributed by atoms with Gasteiger partial charge in [0.05, 0.1) is 12.5 Å². The second-order valence-corrected chi connectivity index (χ2v) is 15.2. The molecule has 6 atom stereocenters. The van der Waals surface area contributed by atoms with Gasteiger partial charge in [-0.25, -0.2) is 26.7 Å². The van der Waals surface area contributed by atoms with Crippen LogP contribution in [0.4, 0.5) is 4.79 Å². The molecule has 0 heterocycles. The van der Waals surface area contributed by atoms with Crippen LogP contribution < -0.4 is 10.6 Å². The molecule has 209 valence electrons. The van der Waals surface area contributed by atoms with Crippen molar-refractivity contribution >= 4 is 52.7 Å². The van der Waals surface area contributed by atoms with Gasteiger partial charge in [-0.05, 0) is 30.3 Å². The third kappa shape index (κ3) is 14.4. The summed E-state index contributed by atoms with van der Waals surface area (Å²) in [7, 11) is -16.1. The molecular formula is C16H33BN2O13P3S. The Bertz CT molecular complexity index is 1020. The Morgan fingerprint density at radius 2 is 1.81 bits per heavy atom. The van der Waals surface area contributed by atoms with Crippen molar-refractivity contribution in [3.05, 3.63) is 12.2 Å². The van der Waals surface area contributed by atoms with E-state index in [0.29, 0.717) is 6.42 Å². The van der Waals surface area contributed by atoms with E-state index in [4.69, 9.17) is 19.0 Å². The number of rotatable bonds is 15. The van der Waals surface area contributed by atoms with E-state index in [1.165, 1.54) is 6.20 Å². The first-order chi connectivity index (χ1) is 16.3. The Kier molecular flexibility index (Phi) is 13.0. The van der Waals surface area contributed by atoms with Crippen molar-refractivity contribution < 1.29 is 59.8 Å². The summed E-state index contributed by atoms with van der Waals surface area (Å²) in [5.74, 6) is 1.66. The molecule has 20 heteroatoms. The number of amides is 1. The summed E-state index contributed by atoms with van der Waals surface area (Å²) in [6.45, 7) is 4.03. The lowest BCUT2D eigenvalue weighted by Crippen LogP contribution is -2.28. The van der Waals surface area contributed by atoms with Crippen molar-refractivity contribution in [1.82, 2.24) is 10.6 Å². The summed E-state index contributed by atoms with van der Waals surface area (Å²) in [5, 5.41) is 5.04. The molecule has 1 saturated carbocycles. The molecule has 1 rings (SSSR count). The molecule has 0 aromatic rings. The molecule has 0 saturated heterocycles. The lowest BCUT2D eigenvalue weighted by molar-refractivity contribution is 0.151. The van der Waals surface area contributed by atoms with Crippen LogP contribution in [0.15, 0.2) is 12.2 Å². The predicted octanol–water partition coefficient (Wildman–Crippen LogP) is 0.990. The van der Waals surface area contributed by atoms with E-state index < -0.39 is 39.1 Å². The summed E-state index contributed by atoms with van der Waals surface area (Å²) in [5.41, 5.74) is 0. The Labute approximate surface area is 211 Å². The number of sulfone groups is 1. The van der Waals surface area contributed by atoms with Gasteiger partial charge < -0.3 is 34.2 Å². The Balaban J connectivity index is 2.43. The molecule has 6 unspecified atom stereocenters. The lowest BCUT2D eigenvalue weighted by atomic mass is 9.60. The van der Waals surface area contributed by atoms with Crippen molar-refractivity contribution in [2.24, 2.45) is 17.8 Å². The highest BCUT2D eigenvalue weighted by atomic mass is 32.2. The number of carbonyl (C=O) groups is 1. The minimum atomic E-state index is -5.36. The third-order valence-electron chi connectivity index (χ3n) is 5.29. The van der Waals surface area contributed by atoms with Crippen LogP contribution in [0.5, 0.6) is 0 Å². The summed E-state index contributed by atoms with van der Waals surface area (Å²) in [6.07, 6.45) is 5.56. The van der Waals surface area contributed by atoms with Gasteiger partial charge in [0, 0.05) is 12.8 Å². The summed E-state index contributed by atoms with van der Waals surface area (Å²) in [6, 6.07) is 0. The summed E-state index contributed by atoms with van der Waals surface area (Å²) in [4.78, 5) is 48.3. The van der Waals surface area contributed by atoms with Crippen LogP contribution in [0.1, 0.15) is 20.3 Å². The molecule has 1 fully saturated rings. The highest BCUT2D eigenvalue weighted by molar-refractivity contribution is 7.90. The van der Waals surface area contributed by atoms with Crippen molar-refractivity contribution in [2.45, 2.75) is 26.1 Å². The van der Waals surface area contributed by atoms with Gasteiger partial charge in [-0.3, -0.25) is 5.32 Å². The Hall–Kier alpha value is -0.535. The molecule has 1 aliphatic carbocycles. The fourth-order valence-electron chi connectivity index (χ4n) is 3.45. The number of ether oxygens (including phenoxy) is 1. The number of alkyl carbamates (subject to hydrolysis) is 1. The maximum atomic E-state index is 11.6. The molecule has 0 bridgehead atoms. The topological polar surface area (TPSA) is 227 Å². The van der Waals surface area contributed by atoms with E-state index in [-0.39, 0.29) is 49.2 Å². The van der Waals surface area contributed by atoms with E-state index in [0.717, 1.165) is 6.26 Å². The van der Waals surface area contributed by atoms with E-state index in [9.17, 15) is 32.1 Å². The van der Waals surface area contributed by atoms with E-state index in [1.54, 1.807) is 5.98 Å². The molecular weight excluding hydrogens is 564 g/mol. The van der Waals surface area contributed by atoms with Crippen LogP contribution in [0, 0.1) is 17.8 Å². The zero-order chi connectivity index (χ0) is 27.8. The van der Waals surface area contributed by atoms with Crippen LogP contribution in [-0.2, 0) is 36.8 Å². The third-order valence-corrected chi connectivity index (χ3v) is 10.1. The fourth-order valence-corrected chi connectivity index (χ4v) is 7.33. The number of nitrogens with one attached hydrogen (secondary N) is 2. The first-order valence-electron chi connectivity index (χ1n) is 10.5. The normalized spacial score (nSPS) is 26.3. The number of phosphoric acid groups is 2. The zero-order valence-corrected chi connectivity index (χ0v) is 23.5. The highest BCUT2D eigenvalue weighted by Gasteiger charge is 2.40. The number of hydrogen-bond donors (Lipinski definition) is 6. The van der Waals surface area contributed by atoms with Gasteiger partial charge in [0.2, 0.25) is 0 Å². The molecule has 36 heavy (non-hydrogen) atoms. The Morgan fingerprint density at radius 3 is 2.39 bits per heavy atom. The van der Waals surface area contributed by atoms with Crippen molar-refractivity contribution in [2.75, 3.05) is 31.9 Å². The SMILES string of the molecule is C=P(O)(OCC1CC([B]/C=C/NC(=O)OCCNCS(C)(=O)=O)C(C)C1C)OP(=O)(O)OP(=O)(O)O. The van der Waals surface area contributed by atoms with Gasteiger partial charge in [0.15, 0.2) is 9.84 Å². The zero-order valence-electron chi connectivity index (χ0n) is 20.0. The number of hydrogen-bond acceptors (Lipinski definition) is 11. The maximum Gasteiger partial charge on any atom is 0.487 e. The smallest absolute Gasteiger partial charge is 0.448 e. The van der Waals surface area contributed by atoms with Crippen molar-refractivity contribution in [3.63, 3.8) is 0 Å². The van der Waals surface area contributed by atoms with E-state index >= 15 is 0 Å². The first kappa shape index (κ1) is 33.5. The van der Waals surface area contributed by atoms with Gasteiger partial charge in [0.25, 0.3) is 7.57 Å². The van der Waals surface area contributed by atoms with Crippen LogP contribution in [0.25, 0.3) is 0 Å². The molecule has 0 spiro atoms. The van der Waals surface area contributed by atoms with Gasteiger partial charge in [-0.1, -0.05) is 26.1 Å². The average Bonchev–Trinajstić information content (AvgIpc) is 2.93. The fraction of sp³-hybridized carbons (Fsp3) is 0.750. The molecule has 0 aromatic carbocycles. The van der Waals surface area contributed by atoms with Gasteiger partial charge >= 0.3 is 21.7 Å². The first-order valence-corrected chi connectivity index (χ1v) is 17.4. The van der Waals surface area contributed by atoms with Gasteiger partial charge in [-0.15, -0.1) is 5.98 Å². The number of carbonyl (C=O) groups excluding carboxylic acids is 1. The highest BCUT2D eigenvalue weighted by Crippen LogP contribution is 2.66. The van der Waals surface area contributed by atoms with Crippen LogP contribution in [0.3, 0.4) is 0 Å². The molecule has 6 N–H and O–H groups in total. The predicted molar refractivity (Wildman–Crippen MR) is 134 cm³/mol. The molecule has 1 amide bonds. The summed E-state index contributed by atoms with van der Waals surface area (Å²) >= 11 is 0. The van der Waals surface area contributed by atoms with Crippen LogP contribution >= 0.6 is 23.2 Å². The molecule has 1 aliphatic rings. The van der Waals surface area contributed by atoms with E-state index in [1.807, 2.05) is 21.1 Å². The second kappa shape index (κ2) is 14.0. The minimum absolute atomic E-state index is 0.0140. The second-order valence-electron chi connectivity index (χ2n) is 8.34. The molecule has 0 aromatic heterocycles. The standard InChI is InChI=1S/C16H33BN2O13P3S/c1-12-13(2)15(17-5-6-19-16(20)29-8-7-18-11-36(4,27)28)9-14(12)10-30-33(3,21)31-35(25,26)32-34(22,23)24/h5-6,12-15,18,21H,3,7-11H2,1-2,4H3,(H,19,20)(H,25,26)(H2,22,23,24)/b6-5+. The van der Waals surface area contributed by atoms with Gasteiger partial charge in [-0.2, -0.15) is 4.31 Å². The minimum Gasteiger partial charge on any atom is -0.448 e. The summed E-state index contributed by atoms with van der Waals surface area (Å²) < 4.78 is 62.4.